The van der Waals surface area contributed by atoms with Crippen LogP contribution in [0, 0.1) is 17.1 Å². The van der Waals surface area contributed by atoms with Crippen LogP contribution in [0.2, 0.25) is 0 Å². The highest BCUT2D eigenvalue weighted by Gasteiger charge is 2.09. The normalized spacial score (nSPS) is 15.2. The number of guanidine groups is 1. The van der Waals surface area contributed by atoms with Crippen LogP contribution in [0.3, 0.4) is 0 Å². The first-order valence-corrected chi connectivity index (χ1v) is 8.66. The van der Waals surface area contributed by atoms with Gasteiger partial charge in [-0.2, -0.15) is 5.26 Å². The van der Waals surface area contributed by atoms with E-state index in [0.717, 1.165) is 19.6 Å². The van der Waals surface area contributed by atoms with Crippen LogP contribution in [0.5, 0.6) is 0 Å². The van der Waals surface area contributed by atoms with E-state index in [1.807, 2.05) is 13.0 Å². The van der Waals surface area contributed by atoms with Gasteiger partial charge in [-0.15, -0.1) is 24.0 Å². The van der Waals surface area contributed by atoms with Gasteiger partial charge >= 0.3 is 0 Å². The highest BCUT2D eigenvalue weighted by molar-refractivity contribution is 14.0. The summed E-state index contributed by atoms with van der Waals surface area (Å²) in [5.41, 5.74) is 0.881. The molecule has 0 spiro atoms. The summed E-state index contributed by atoms with van der Waals surface area (Å²) in [6, 6.07) is 6.37. The predicted octanol–water partition coefficient (Wildman–Crippen LogP) is 2.86. The molecular formula is C18H27FIN5. The molecular weight excluding hydrogens is 432 g/mol. The van der Waals surface area contributed by atoms with E-state index in [4.69, 9.17) is 5.26 Å². The Labute approximate surface area is 166 Å². The maximum Gasteiger partial charge on any atom is 0.191 e. The Balaban J connectivity index is 0.00000312. The minimum atomic E-state index is -0.332. The summed E-state index contributed by atoms with van der Waals surface area (Å²) in [4.78, 5) is 6.88. The highest BCUT2D eigenvalue weighted by Crippen LogP contribution is 2.11. The number of nitrogens with zero attached hydrogens (tertiary/aromatic N) is 3. The maximum atomic E-state index is 13.8. The lowest BCUT2D eigenvalue weighted by Crippen LogP contribution is -2.42. The number of hydrogen-bond donors (Lipinski definition) is 2. The van der Waals surface area contributed by atoms with E-state index in [1.165, 1.54) is 44.5 Å². The summed E-state index contributed by atoms with van der Waals surface area (Å²) in [6.45, 7) is 7.09. The molecule has 25 heavy (non-hydrogen) atoms. The number of nitrogens with one attached hydrogen (secondary N) is 2. The van der Waals surface area contributed by atoms with Crippen molar-refractivity contribution in [3.05, 3.63) is 35.1 Å². The number of nitriles is 1. The van der Waals surface area contributed by atoms with E-state index < -0.39 is 0 Å². The molecule has 1 aromatic carbocycles. The lowest BCUT2D eigenvalue weighted by Gasteiger charge is -2.26. The van der Waals surface area contributed by atoms with Gasteiger partial charge in [-0.05, 0) is 51.1 Å². The third-order valence-corrected chi connectivity index (χ3v) is 4.10. The summed E-state index contributed by atoms with van der Waals surface area (Å²) in [5.74, 6) is 0.346. The van der Waals surface area contributed by atoms with Gasteiger partial charge in [-0.1, -0.05) is 6.42 Å². The molecule has 2 N–H and O–H groups in total. The molecule has 1 aliphatic rings. The largest absolute Gasteiger partial charge is 0.357 e. The molecule has 1 saturated heterocycles. The Hall–Kier alpha value is -1.40. The van der Waals surface area contributed by atoms with Crippen LogP contribution in [-0.4, -0.2) is 43.6 Å². The average Bonchev–Trinajstić information content (AvgIpc) is 2.61. The molecule has 0 radical (unpaired) electrons. The molecule has 7 heteroatoms. The van der Waals surface area contributed by atoms with Gasteiger partial charge in [0.1, 0.15) is 5.82 Å². The lowest BCUT2D eigenvalue weighted by atomic mass is 10.1. The molecule has 5 nitrogen and oxygen atoms in total. The third-order valence-electron chi connectivity index (χ3n) is 4.10. The molecule has 0 bridgehead atoms. The molecule has 0 aromatic heterocycles. The fraction of sp³-hybridized carbons (Fsp3) is 0.556. The Bertz CT molecular complexity index is 594. The molecule has 138 valence electrons. The van der Waals surface area contributed by atoms with Gasteiger partial charge in [0.15, 0.2) is 5.96 Å². The van der Waals surface area contributed by atoms with Gasteiger partial charge < -0.3 is 15.5 Å². The summed E-state index contributed by atoms with van der Waals surface area (Å²) in [7, 11) is 0. The quantitative estimate of drug-likeness (QED) is 0.390. The van der Waals surface area contributed by atoms with Crippen molar-refractivity contribution in [3.8, 4) is 6.07 Å². The SMILES string of the molecule is CCNC(=NCc1cc(C#N)ccc1F)NCCN1CCCCC1.I. The van der Waals surface area contributed by atoms with Crippen molar-refractivity contribution in [2.75, 3.05) is 32.7 Å². The van der Waals surface area contributed by atoms with Crippen LogP contribution >= 0.6 is 24.0 Å². The van der Waals surface area contributed by atoms with E-state index in [1.54, 1.807) is 6.07 Å². The molecule has 2 rings (SSSR count). The number of rotatable bonds is 6. The van der Waals surface area contributed by atoms with Gasteiger partial charge in [-0.3, -0.25) is 0 Å². The van der Waals surface area contributed by atoms with Crippen molar-refractivity contribution in [2.45, 2.75) is 32.7 Å². The van der Waals surface area contributed by atoms with Crippen molar-refractivity contribution >= 4 is 29.9 Å². The molecule has 0 amide bonds. The Morgan fingerprint density at radius 3 is 2.72 bits per heavy atom. The van der Waals surface area contributed by atoms with E-state index in [2.05, 4.69) is 20.5 Å². The topological polar surface area (TPSA) is 63.5 Å². The second-order valence-electron chi connectivity index (χ2n) is 5.94. The maximum absolute atomic E-state index is 13.8. The first-order valence-electron chi connectivity index (χ1n) is 8.66. The molecule has 0 saturated carbocycles. The molecule has 1 fully saturated rings. The standard InChI is InChI=1S/C18H26FN5.HI/c1-2-21-18(22-8-11-24-9-4-3-5-10-24)23-14-16-12-15(13-20)6-7-17(16)19;/h6-7,12H,2-5,8-11,14H2,1H3,(H2,21,22,23);1H. The summed E-state index contributed by atoms with van der Waals surface area (Å²) in [6.07, 6.45) is 3.90. The van der Waals surface area contributed by atoms with Crippen molar-refractivity contribution < 1.29 is 4.39 Å². The third kappa shape index (κ3) is 7.57. The second kappa shape index (κ2) is 12.0. The zero-order chi connectivity index (χ0) is 17.2. The van der Waals surface area contributed by atoms with Crippen LogP contribution in [0.4, 0.5) is 4.39 Å². The van der Waals surface area contributed by atoms with Crippen LogP contribution in [0.15, 0.2) is 23.2 Å². The van der Waals surface area contributed by atoms with E-state index >= 15 is 0 Å². The number of piperidine rings is 1. The van der Waals surface area contributed by atoms with Crippen LogP contribution in [0.25, 0.3) is 0 Å². The minimum absolute atomic E-state index is 0. The molecule has 1 aromatic rings. The van der Waals surface area contributed by atoms with Crippen LogP contribution in [-0.2, 0) is 6.54 Å². The van der Waals surface area contributed by atoms with Gasteiger partial charge in [0.2, 0.25) is 0 Å². The zero-order valence-corrected chi connectivity index (χ0v) is 17.1. The Morgan fingerprint density at radius 2 is 2.04 bits per heavy atom. The van der Waals surface area contributed by atoms with Crippen LogP contribution in [0.1, 0.15) is 37.3 Å². The second-order valence-corrected chi connectivity index (χ2v) is 5.94. The van der Waals surface area contributed by atoms with Crippen molar-refractivity contribution in [3.63, 3.8) is 0 Å². The Kier molecular flexibility index (Phi) is 10.4. The fourth-order valence-electron chi connectivity index (χ4n) is 2.79. The van der Waals surface area contributed by atoms with E-state index in [-0.39, 0.29) is 36.3 Å². The minimum Gasteiger partial charge on any atom is -0.357 e. The molecule has 0 unspecified atom stereocenters. The van der Waals surface area contributed by atoms with Gasteiger partial charge in [0.05, 0.1) is 18.2 Å². The van der Waals surface area contributed by atoms with Gasteiger partial charge in [0.25, 0.3) is 0 Å². The summed E-state index contributed by atoms with van der Waals surface area (Å²) < 4.78 is 13.8. The first kappa shape index (κ1) is 21.6. The first-order chi connectivity index (χ1) is 11.7. The van der Waals surface area contributed by atoms with E-state index in [9.17, 15) is 4.39 Å². The molecule has 1 aliphatic heterocycles. The summed E-state index contributed by atoms with van der Waals surface area (Å²) in [5, 5.41) is 15.4. The monoisotopic (exact) mass is 459 g/mol. The number of hydrogen-bond acceptors (Lipinski definition) is 3. The van der Waals surface area contributed by atoms with Crippen molar-refractivity contribution in [2.24, 2.45) is 4.99 Å². The van der Waals surface area contributed by atoms with Crippen molar-refractivity contribution in [1.82, 2.24) is 15.5 Å². The Morgan fingerprint density at radius 1 is 1.28 bits per heavy atom. The number of likely N-dealkylation sites (tertiary alicyclic amines) is 1. The van der Waals surface area contributed by atoms with Crippen molar-refractivity contribution in [1.29, 1.82) is 5.26 Å². The smallest absolute Gasteiger partial charge is 0.191 e. The fourth-order valence-corrected chi connectivity index (χ4v) is 2.79. The number of benzene rings is 1. The van der Waals surface area contributed by atoms with E-state index in [0.29, 0.717) is 17.1 Å². The van der Waals surface area contributed by atoms with Gasteiger partial charge in [0, 0.05) is 25.2 Å². The summed E-state index contributed by atoms with van der Waals surface area (Å²) >= 11 is 0. The number of halogens is 2. The highest BCUT2D eigenvalue weighted by atomic mass is 127. The van der Waals surface area contributed by atoms with Crippen LogP contribution < -0.4 is 10.6 Å². The molecule has 0 atom stereocenters. The van der Waals surface area contributed by atoms with Gasteiger partial charge in [-0.25, -0.2) is 9.38 Å². The molecule has 0 aliphatic carbocycles. The average molecular weight is 459 g/mol. The number of aliphatic imine (C=N–C) groups is 1. The predicted molar refractivity (Wildman–Crippen MR) is 110 cm³/mol. The zero-order valence-electron chi connectivity index (χ0n) is 14.7. The lowest BCUT2D eigenvalue weighted by molar-refractivity contribution is 0.232. The molecule has 1 heterocycles.